The monoisotopic (exact) mass is 694 g/mol. The predicted octanol–water partition coefficient (Wildman–Crippen LogP) is 8.33. The molecule has 5 aliphatic rings. The quantitative estimate of drug-likeness (QED) is 0.275. The van der Waals surface area contributed by atoms with Crippen molar-refractivity contribution >= 4 is 35.0 Å². The van der Waals surface area contributed by atoms with Crippen molar-refractivity contribution in [2.24, 2.45) is 50.7 Å². The number of nitrogens with one attached hydrogen (secondary N) is 1. The summed E-state index contributed by atoms with van der Waals surface area (Å²) in [5.41, 5.74) is 0.585. The van der Waals surface area contributed by atoms with E-state index in [1.165, 1.54) is 16.9 Å². The number of aliphatic carboxylic acids is 1. The summed E-state index contributed by atoms with van der Waals surface area (Å²) in [6, 6.07) is 0. The molecule has 0 aliphatic heterocycles. The molecule has 8 nitrogen and oxygen atoms in total. The molecule has 1 heterocycles. The highest BCUT2D eigenvalue weighted by molar-refractivity contribution is 7.09. The van der Waals surface area contributed by atoms with Crippen LogP contribution in [0.15, 0.2) is 16.5 Å². The zero-order valence-corrected chi connectivity index (χ0v) is 32.2. The number of thiazole rings is 1. The molecule has 0 bridgehead atoms. The molecule has 270 valence electrons. The summed E-state index contributed by atoms with van der Waals surface area (Å²) < 4.78 is 6.14. The van der Waals surface area contributed by atoms with Crippen LogP contribution in [0.4, 0.5) is 0 Å². The normalized spacial score (nSPS) is 38.3. The van der Waals surface area contributed by atoms with E-state index in [4.69, 9.17) is 4.74 Å². The molecule has 49 heavy (non-hydrogen) atoms. The standard InChI is InChI=1S/C40H58N2O6S/c1-22(2)31-26(43)19-40(42-33(45)25-21-49-23(3)41-25)18-17-38(9)24(32(31)40)11-12-28-37(8)15-14-29(48-30(44)20-35(4,5)34(46)47)36(6,7)27(37)13-16-39(28,38)10/h21-22,24,27-29H,11-20H2,1-10H3,(H,42,45)(H,46,47)/t24?,27?,28?,29-,37-,38+,39+,40+/m0/s1. The molecule has 1 aromatic rings. The highest BCUT2D eigenvalue weighted by Gasteiger charge is 2.70. The number of carboxylic acid groups (broad SMARTS) is 1. The van der Waals surface area contributed by atoms with E-state index in [0.29, 0.717) is 24.0 Å². The highest BCUT2D eigenvalue weighted by Crippen LogP contribution is 2.76. The Morgan fingerprint density at radius 3 is 2.31 bits per heavy atom. The van der Waals surface area contributed by atoms with Crippen molar-refractivity contribution in [2.75, 3.05) is 0 Å². The van der Waals surface area contributed by atoms with E-state index in [2.05, 4.69) is 58.8 Å². The van der Waals surface area contributed by atoms with Gasteiger partial charge in [-0.25, -0.2) is 4.98 Å². The number of aromatic nitrogens is 1. The number of carboxylic acids is 1. The Morgan fingerprint density at radius 1 is 1.00 bits per heavy atom. The fourth-order valence-electron chi connectivity index (χ4n) is 12.3. The lowest BCUT2D eigenvalue weighted by Crippen LogP contribution is -2.67. The zero-order chi connectivity index (χ0) is 36.1. The van der Waals surface area contributed by atoms with E-state index in [-0.39, 0.29) is 57.7 Å². The molecule has 6 rings (SSSR count). The number of ether oxygens (including phenoxy) is 1. The van der Waals surface area contributed by atoms with Crippen molar-refractivity contribution in [2.45, 2.75) is 145 Å². The summed E-state index contributed by atoms with van der Waals surface area (Å²) in [5, 5.41) is 15.7. The second kappa shape index (κ2) is 11.7. The van der Waals surface area contributed by atoms with Gasteiger partial charge in [0, 0.05) is 17.2 Å². The Kier molecular flexibility index (Phi) is 8.69. The topological polar surface area (TPSA) is 123 Å². The number of ketones is 1. The average Bonchev–Trinajstić information content (AvgIpc) is 3.55. The number of carbonyl (C=O) groups excluding carboxylic acids is 3. The van der Waals surface area contributed by atoms with Gasteiger partial charge in [0.2, 0.25) is 0 Å². The van der Waals surface area contributed by atoms with Crippen molar-refractivity contribution in [3.8, 4) is 0 Å². The van der Waals surface area contributed by atoms with E-state index in [1.807, 2.05) is 12.3 Å². The number of hydrogen-bond acceptors (Lipinski definition) is 7. The molecule has 8 atom stereocenters. The number of amides is 1. The van der Waals surface area contributed by atoms with Gasteiger partial charge in [-0.3, -0.25) is 19.2 Å². The number of aryl methyl sites for hydroxylation is 1. The van der Waals surface area contributed by atoms with Gasteiger partial charge in [-0.1, -0.05) is 48.5 Å². The van der Waals surface area contributed by atoms with Crippen LogP contribution >= 0.6 is 11.3 Å². The van der Waals surface area contributed by atoms with Crippen molar-refractivity contribution in [3.63, 3.8) is 0 Å². The number of Topliss-reactive ketones (excluding diaryl/α,β-unsaturated/α-hetero) is 1. The zero-order valence-electron chi connectivity index (χ0n) is 31.4. The maximum Gasteiger partial charge on any atom is 0.309 e. The van der Waals surface area contributed by atoms with Gasteiger partial charge < -0.3 is 15.2 Å². The van der Waals surface area contributed by atoms with Crippen LogP contribution in [0.1, 0.15) is 142 Å². The van der Waals surface area contributed by atoms with Gasteiger partial charge in [-0.2, -0.15) is 0 Å². The van der Waals surface area contributed by atoms with Gasteiger partial charge in [0.25, 0.3) is 5.91 Å². The third-order valence-corrected chi connectivity index (χ3v) is 15.8. The molecule has 0 radical (unpaired) electrons. The molecule has 9 heteroatoms. The number of nitrogens with zero attached hydrogens (tertiary/aromatic N) is 1. The maximum atomic E-state index is 13.9. The molecule has 4 saturated carbocycles. The second-order valence-electron chi connectivity index (χ2n) is 18.7. The van der Waals surface area contributed by atoms with Crippen molar-refractivity contribution in [1.82, 2.24) is 10.3 Å². The van der Waals surface area contributed by atoms with Gasteiger partial charge in [0.15, 0.2) is 5.78 Å². The second-order valence-corrected chi connectivity index (χ2v) is 19.8. The largest absolute Gasteiger partial charge is 0.481 e. The molecule has 1 aromatic heterocycles. The van der Waals surface area contributed by atoms with E-state index in [1.54, 1.807) is 13.8 Å². The molecule has 4 fully saturated rings. The molecule has 0 aromatic carbocycles. The fraction of sp³-hybridized carbons (Fsp3) is 0.775. The molecule has 0 saturated heterocycles. The van der Waals surface area contributed by atoms with Crippen LogP contribution in [-0.2, 0) is 19.1 Å². The smallest absolute Gasteiger partial charge is 0.309 e. The van der Waals surface area contributed by atoms with E-state index in [0.717, 1.165) is 61.9 Å². The first-order valence-electron chi connectivity index (χ1n) is 18.6. The minimum Gasteiger partial charge on any atom is -0.481 e. The first-order valence-corrected chi connectivity index (χ1v) is 19.5. The number of esters is 1. The van der Waals surface area contributed by atoms with E-state index in [9.17, 15) is 24.3 Å². The van der Waals surface area contributed by atoms with Crippen molar-refractivity contribution in [1.29, 1.82) is 0 Å². The minimum atomic E-state index is -1.17. The Balaban J connectivity index is 1.30. The third-order valence-electron chi connectivity index (χ3n) is 15.0. The van der Waals surface area contributed by atoms with Gasteiger partial charge in [0.1, 0.15) is 11.8 Å². The Morgan fingerprint density at radius 2 is 1.69 bits per heavy atom. The molecular formula is C40H58N2O6S. The van der Waals surface area contributed by atoms with Crippen LogP contribution in [0.3, 0.4) is 0 Å². The summed E-state index contributed by atoms with van der Waals surface area (Å²) in [5.74, 6) is -0.274. The first-order chi connectivity index (χ1) is 22.6. The molecular weight excluding hydrogens is 637 g/mol. The molecule has 2 N–H and O–H groups in total. The van der Waals surface area contributed by atoms with Crippen LogP contribution in [-0.4, -0.2) is 45.4 Å². The SMILES string of the molecule is Cc1nc(C(=O)N[C@@]23CC[C@]4(C)C(CCC5[C@@]6(C)CC[C@H](OC(=O)CC(C)(C)C(=O)O)C(C)(C)C6CC[C@]54C)C2=C(C(C)C)C(=O)C3)cs1. The number of allylic oxidation sites excluding steroid dienone is 1. The van der Waals surface area contributed by atoms with E-state index >= 15 is 0 Å². The number of carbonyl (C=O) groups is 4. The summed E-state index contributed by atoms with van der Waals surface area (Å²) in [6.07, 6.45) is 7.56. The molecule has 5 aliphatic carbocycles. The fourth-order valence-corrected chi connectivity index (χ4v) is 12.9. The lowest BCUT2D eigenvalue weighted by atomic mass is 9.33. The summed E-state index contributed by atoms with van der Waals surface area (Å²) in [6.45, 7) is 21.4. The molecule has 3 unspecified atom stereocenters. The van der Waals surface area contributed by atoms with E-state index < -0.39 is 22.9 Å². The Hall–Kier alpha value is -2.55. The summed E-state index contributed by atoms with van der Waals surface area (Å²) in [7, 11) is 0. The van der Waals surface area contributed by atoms with Gasteiger partial charge in [0.05, 0.1) is 22.4 Å². The third kappa shape index (κ3) is 5.37. The minimum absolute atomic E-state index is 0.0364. The average molecular weight is 695 g/mol. The van der Waals surface area contributed by atoms with Crippen LogP contribution in [0.5, 0.6) is 0 Å². The summed E-state index contributed by atoms with van der Waals surface area (Å²) >= 11 is 1.47. The van der Waals surface area contributed by atoms with Crippen LogP contribution < -0.4 is 5.32 Å². The summed E-state index contributed by atoms with van der Waals surface area (Å²) in [4.78, 5) is 56.8. The first kappa shape index (κ1) is 36.2. The number of fused-ring (bicyclic) bond motifs is 7. The van der Waals surface area contributed by atoms with Crippen LogP contribution in [0.25, 0.3) is 0 Å². The number of rotatable bonds is 7. The lowest BCUT2D eigenvalue weighted by molar-refractivity contribution is -0.232. The maximum absolute atomic E-state index is 13.9. The lowest BCUT2D eigenvalue weighted by Gasteiger charge is -2.72. The molecule has 0 spiro atoms. The van der Waals surface area contributed by atoms with Gasteiger partial charge in [-0.05, 0) is 123 Å². The Bertz CT molecular complexity index is 1610. The Labute approximate surface area is 296 Å². The highest BCUT2D eigenvalue weighted by atomic mass is 32.1. The van der Waals surface area contributed by atoms with Crippen LogP contribution in [0, 0.1) is 57.7 Å². The van der Waals surface area contributed by atoms with Gasteiger partial charge in [-0.15, -0.1) is 11.3 Å². The van der Waals surface area contributed by atoms with Crippen molar-refractivity contribution in [3.05, 3.63) is 27.2 Å². The number of hydrogen-bond donors (Lipinski definition) is 2. The van der Waals surface area contributed by atoms with Crippen LogP contribution in [0.2, 0.25) is 0 Å². The van der Waals surface area contributed by atoms with Gasteiger partial charge >= 0.3 is 11.9 Å². The van der Waals surface area contributed by atoms with Crippen molar-refractivity contribution < 1.29 is 29.0 Å². The predicted molar refractivity (Wildman–Crippen MR) is 190 cm³/mol. The molecule has 1 amide bonds.